The third-order valence-electron chi connectivity index (χ3n) is 3.08. The van der Waals surface area contributed by atoms with Gasteiger partial charge in [0.2, 0.25) is 0 Å². The average Bonchev–Trinajstić information content (AvgIpc) is 2.43. The number of hydrogen-bond donors (Lipinski definition) is 2. The number of carbonyl (C=O) groups excluding carboxylic acids is 1. The van der Waals surface area contributed by atoms with E-state index in [1.807, 2.05) is 18.2 Å². The molecule has 19 heavy (non-hydrogen) atoms. The van der Waals surface area contributed by atoms with Crippen LogP contribution in [0, 0.1) is 0 Å². The molecule has 2 N–H and O–H groups in total. The first-order valence-electron chi connectivity index (χ1n) is 6.12. The van der Waals surface area contributed by atoms with E-state index in [1.165, 1.54) is 0 Å². The minimum atomic E-state index is -0.202. The SMILES string of the molecule is CNC(=O)NCC(C)(C)c1ccc(OC)c(OC)c1. The van der Waals surface area contributed by atoms with E-state index in [4.69, 9.17) is 9.47 Å². The molecule has 0 saturated carbocycles. The normalized spacial score (nSPS) is 10.8. The van der Waals surface area contributed by atoms with Crippen molar-refractivity contribution < 1.29 is 14.3 Å². The highest BCUT2D eigenvalue weighted by Crippen LogP contribution is 2.32. The van der Waals surface area contributed by atoms with Crippen molar-refractivity contribution in [1.29, 1.82) is 0 Å². The Kier molecular flexibility index (Phi) is 5.03. The first-order valence-corrected chi connectivity index (χ1v) is 6.12. The van der Waals surface area contributed by atoms with E-state index in [9.17, 15) is 4.79 Å². The largest absolute Gasteiger partial charge is 0.493 e. The first kappa shape index (κ1) is 15.1. The number of hydrogen-bond acceptors (Lipinski definition) is 3. The summed E-state index contributed by atoms with van der Waals surface area (Å²) in [6, 6.07) is 5.60. The van der Waals surface area contributed by atoms with Crippen molar-refractivity contribution in [1.82, 2.24) is 10.6 Å². The van der Waals surface area contributed by atoms with Crippen molar-refractivity contribution in [3.05, 3.63) is 23.8 Å². The second kappa shape index (κ2) is 6.31. The molecule has 0 spiro atoms. The van der Waals surface area contributed by atoms with Crippen molar-refractivity contribution in [2.45, 2.75) is 19.3 Å². The highest BCUT2D eigenvalue weighted by molar-refractivity contribution is 5.73. The van der Waals surface area contributed by atoms with Gasteiger partial charge in [0.15, 0.2) is 11.5 Å². The average molecular weight is 266 g/mol. The monoisotopic (exact) mass is 266 g/mol. The van der Waals surface area contributed by atoms with Crippen LogP contribution < -0.4 is 20.1 Å². The van der Waals surface area contributed by atoms with Gasteiger partial charge in [-0.1, -0.05) is 19.9 Å². The van der Waals surface area contributed by atoms with Crippen LogP contribution in [0.3, 0.4) is 0 Å². The third kappa shape index (κ3) is 3.77. The molecule has 1 aromatic carbocycles. The number of carbonyl (C=O) groups is 1. The maximum atomic E-state index is 11.2. The summed E-state index contributed by atoms with van der Waals surface area (Å²) < 4.78 is 10.5. The number of methoxy groups -OCH3 is 2. The van der Waals surface area contributed by atoms with Crippen molar-refractivity contribution in [3.63, 3.8) is 0 Å². The fourth-order valence-electron chi connectivity index (χ4n) is 1.75. The van der Waals surface area contributed by atoms with Gasteiger partial charge >= 0.3 is 6.03 Å². The molecule has 0 aliphatic heterocycles. The van der Waals surface area contributed by atoms with Gasteiger partial charge in [-0.05, 0) is 17.7 Å². The summed E-state index contributed by atoms with van der Waals surface area (Å²) in [5.41, 5.74) is 0.869. The Labute approximate surface area is 114 Å². The molecule has 0 saturated heterocycles. The molecular weight excluding hydrogens is 244 g/mol. The molecule has 0 atom stereocenters. The van der Waals surface area contributed by atoms with E-state index in [2.05, 4.69) is 24.5 Å². The van der Waals surface area contributed by atoms with Gasteiger partial charge in [-0.15, -0.1) is 0 Å². The number of rotatable bonds is 5. The van der Waals surface area contributed by atoms with Gasteiger partial charge in [-0.3, -0.25) is 0 Å². The molecule has 1 aromatic rings. The lowest BCUT2D eigenvalue weighted by Gasteiger charge is -2.26. The highest BCUT2D eigenvalue weighted by Gasteiger charge is 2.22. The predicted octanol–water partition coefficient (Wildman–Crippen LogP) is 1.91. The van der Waals surface area contributed by atoms with Gasteiger partial charge in [0.05, 0.1) is 14.2 Å². The second-order valence-electron chi connectivity index (χ2n) is 4.89. The highest BCUT2D eigenvalue weighted by atomic mass is 16.5. The standard InChI is InChI=1S/C14H22N2O3/c1-14(2,9-16-13(17)15-3)10-6-7-11(18-4)12(8-10)19-5/h6-8H,9H2,1-5H3,(H2,15,16,17). The van der Waals surface area contributed by atoms with Gasteiger partial charge in [0, 0.05) is 19.0 Å². The molecule has 0 heterocycles. The smallest absolute Gasteiger partial charge is 0.314 e. The van der Waals surface area contributed by atoms with Gasteiger partial charge in [0.25, 0.3) is 0 Å². The van der Waals surface area contributed by atoms with E-state index in [1.54, 1.807) is 21.3 Å². The van der Waals surface area contributed by atoms with E-state index < -0.39 is 0 Å². The van der Waals surface area contributed by atoms with Crippen LogP contribution in [-0.4, -0.2) is 33.8 Å². The molecule has 0 aliphatic rings. The number of urea groups is 1. The molecule has 0 unspecified atom stereocenters. The van der Waals surface area contributed by atoms with Gasteiger partial charge in [0.1, 0.15) is 0 Å². The Balaban J connectivity index is 2.91. The number of benzene rings is 1. The van der Waals surface area contributed by atoms with Crippen LogP contribution >= 0.6 is 0 Å². The predicted molar refractivity (Wildman–Crippen MR) is 75.0 cm³/mol. The lowest BCUT2D eigenvalue weighted by Crippen LogP contribution is -2.40. The Bertz CT molecular complexity index is 444. The number of nitrogens with one attached hydrogen (secondary N) is 2. The molecule has 0 aromatic heterocycles. The summed E-state index contributed by atoms with van der Waals surface area (Å²) in [6.07, 6.45) is 0. The van der Waals surface area contributed by atoms with Crippen LogP contribution in [-0.2, 0) is 5.41 Å². The Hall–Kier alpha value is -1.91. The number of ether oxygens (including phenoxy) is 2. The second-order valence-corrected chi connectivity index (χ2v) is 4.89. The fourth-order valence-corrected chi connectivity index (χ4v) is 1.75. The molecular formula is C14H22N2O3. The Morgan fingerprint density at radius 3 is 2.37 bits per heavy atom. The molecule has 0 bridgehead atoms. The Morgan fingerprint density at radius 2 is 1.84 bits per heavy atom. The fraction of sp³-hybridized carbons (Fsp3) is 0.500. The van der Waals surface area contributed by atoms with E-state index >= 15 is 0 Å². The summed E-state index contributed by atoms with van der Waals surface area (Å²) in [6.45, 7) is 4.65. The maximum absolute atomic E-state index is 11.2. The topological polar surface area (TPSA) is 59.6 Å². The first-order chi connectivity index (χ1) is 8.94. The summed E-state index contributed by atoms with van der Waals surface area (Å²) in [7, 11) is 4.81. The van der Waals surface area contributed by atoms with Crippen LogP contribution in [0.2, 0.25) is 0 Å². The van der Waals surface area contributed by atoms with Crippen LogP contribution in [0.4, 0.5) is 4.79 Å². The summed E-state index contributed by atoms with van der Waals surface area (Å²) in [4.78, 5) is 11.2. The lowest BCUT2D eigenvalue weighted by molar-refractivity contribution is 0.240. The van der Waals surface area contributed by atoms with Crippen molar-refractivity contribution in [2.24, 2.45) is 0 Å². The summed E-state index contributed by atoms with van der Waals surface area (Å²) in [5.74, 6) is 1.38. The molecule has 0 radical (unpaired) electrons. The minimum Gasteiger partial charge on any atom is -0.493 e. The van der Waals surface area contributed by atoms with Gasteiger partial charge in [-0.2, -0.15) is 0 Å². The van der Waals surface area contributed by atoms with Crippen LogP contribution in [0.25, 0.3) is 0 Å². The van der Waals surface area contributed by atoms with Gasteiger partial charge < -0.3 is 20.1 Å². The quantitative estimate of drug-likeness (QED) is 0.856. The van der Waals surface area contributed by atoms with E-state index in [-0.39, 0.29) is 11.4 Å². The molecule has 2 amide bonds. The van der Waals surface area contributed by atoms with E-state index in [0.29, 0.717) is 18.0 Å². The zero-order valence-corrected chi connectivity index (χ0v) is 12.2. The zero-order valence-electron chi connectivity index (χ0n) is 12.2. The molecule has 0 fully saturated rings. The summed E-state index contributed by atoms with van der Waals surface area (Å²) in [5, 5.41) is 5.35. The van der Waals surface area contributed by atoms with Gasteiger partial charge in [-0.25, -0.2) is 4.79 Å². The maximum Gasteiger partial charge on any atom is 0.314 e. The van der Waals surface area contributed by atoms with Crippen molar-refractivity contribution in [3.8, 4) is 11.5 Å². The Morgan fingerprint density at radius 1 is 1.21 bits per heavy atom. The van der Waals surface area contributed by atoms with E-state index in [0.717, 1.165) is 5.56 Å². The number of amides is 2. The van der Waals surface area contributed by atoms with Crippen molar-refractivity contribution >= 4 is 6.03 Å². The van der Waals surface area contributed by atoms with Crippen LogP contribution in [0.1, 0.15) is 19.4 Å². The third-order valence-corrected chi connectivity index (χ3v) is 3.08. The lowest BCUT2D eigenvalue weighted by atomic mass is 9.84. The van der Waals surface area contributed by atoms with Crippen LogP contribution in [0.15, 0.2) is 18.2 Å². The van der Waals surface area contributed by atoms with Crippen LogP contribution in [0.5, 0.6) is 11.5 Å². The molecule has 1 rings (SSSR count). The molecule has 5 heteroatoms. The molecule has 106 valence electrons. The minimum absolute atomic E-state index is 0.187. The van der Waals surface area contributed by atoms with Crippen molar-refractivity contribution in [2.75, 3.05) is 27.8 Å². The molecule has 0 aliphatic carbocycles. The molecule has 5 nitrogen and oxygen atoms in total. The zero-order chi connectivity index (χ0) is 14.5. The summed E-state index contributed by atoms with van der Waals surface area (Å²) >= 11 is 0.